The van der Waals surface area contributed by atoms with Crippen molar-refractivity contribution in [2.75, 3.05) is 6.54 Å². The van der Waals surface area contributed by atoms with Crippen LogP contribution in [0.2, 0.25) is 0 Å². The van der Waals surface area contributed by atoms with E-state index in [-0.39, 0.29) is 18.4 Å². The van der Waals surface area contributed by atoms with E-state index >= 15 is 0 Å². The van der Waals surface area contributed by atoms with Gasteiger partial charge in [0.05, 0.1) is 12.3 Å². The van der Waals surface area contributed by atoms with E-state index in [0.29, 0.717) is 5.56 Å². The number of carbonyl (C=O) groups excluding carboxylic acids is 1. The number of hydrogen-bond donors (Lipinski definition) is 2. The molecule has 2 aromatic rings. The van der Waals surface area contributed by atoms with Crippen LogP contribution in [-0.2, 0) is 7.05 Å². The molecule has 0 aromatic carbocycles. The lowest BCUT2D eigenvalue weighted by Crippen LogP contribution is -2.35. The number of amides is 1. The quantitative estimate of drug-likeness (QED) is 0.881. The lowest BCUT2D eigenvalue weighted by Gasteiger charge is -2.16. The fourth-order valence-electron chi connectivity index (χ4n) is 2.39. The summed E-state index contributed by atoms with van der Waals surface area (Å²) in [6.07, 6.45) is 1.00. The Bertz CT molecular complexity index is 650. The molecule has 1 atom stereocenters. The van der Waals surface area contributed by atoms with Gasteiger partial charge in [0.1, 0.15) is 11.4 Å². The second-order valence-corrected chi connectivity index (χ2v) is 5.98. The smallest absolute Gasteiger partial charge is 0.256 e. The summed E-state index contributed by atoms with van der Waals surface area (Å²) in [5.41, 5.74) is 2.58. The maximum Gasteiger partial charge on any atom is 0.256 e. The second kappa shape index (κ2) is 6.36. The molecule has 0 aliphatic rings. The molecular weight excluding hydrogens is 280 g/mol. The molecule has 2 rings (SSSR count). The Morgan fingerprint density at radius 2 is 1.91 bits per heavy atom. The number of nitrogens with one attached hydrogen (secondary N) is 1. The Labute approximate surface area is 130 Å². The predicted octanol–water partition coefficient (Wildman–Crippen LogP) is 1.57. The Morgan fingerprint density at radius 3 is 2.45 bits per heavy atom. The molecule has 6 heteroatoms. The van der Waals surface area contributed by atoms with E-state index in [1.165, 1.54) is 0 Å². The second-order valence-electron chi connectivity index (χ2n) is 5.98. The van der Waals surface area contributed by atoms with Gasteiger partial charge < -0.3 is 15.0 Å². The van der Waals surface area contributed by atoms with Crippen LogP contribution < -0.4 is 5.32 Å². The number of nitrogens with zero attached hydrogens (tertiary/aromatic N) is 3. The molecule has 0 fully saturated rings. The number of aliphatic hydroxyl groups excluding tert-OH is 1. The first-order chi connectivity index (χ1) is 10.3. The highest BCUT2D eigenvalue weighted by molar-refractivity contribution is 5.97. The topological polar surface area (TPSA) is 72.1 Å². The van der Waals surface area contributed by atoms with Crippen molar-refractivity contribution in [3.63, 3.8) is 0 Å². The molecule has 2 N–H and O–H groups in total. The Kier molecular flexibility index (Phi) is 4.71. The lowest BCUT2D eigenvalue weighted by atomic mass is 10.1. The third-order valence-electron chi connectivity index (χ3n) is 3.88. The normalized spacial score (nSPS) is 12.7. The third-order valence-corrected chi connectivity index (χ3v) is 3.88. The summed E-state index contributed by atoms with van der Waals surface area (Å²) in [6.45, 7) is 8.04. The van der Waals surface area contributed by atoms with Gasteiger partial charge in [-0.25, -0.2) is 0 Å². The Hall–Kier alpha value is -2.08. The summed E-state index contributed by atoms with van der Waals surface area (Å²) in [4.78, 5) is 12.4. The highest BCUT2D eigenvalue weighted by Gasteiger charge is 2.20. The molecule has 1 unspecified atom stereocenters. The third kappa shape index (κ3) is 3.06. The predicted molar refractivity (Wildman–Crippen MR) is 85.2 cm³/mol. The molecule has 0 bridgehead atoms. The number of carbonyl (C=O) groups is 1. The van der Waals surface area contributed by atoms with Crippen LogP contribution in [0, 0.1) is 19.8 Å². The molecule has 2 heterocycles. The van der Waals surface area contributed by atoms with Gasteiger partial charge in [0, 0.05) is 25.0 Å². The Balaban J connectivity index is 2.29. The fraction of sp³-hybridized carbons (Fsp3) is 0.500. The van der Waals surface area contributed by atoms with Crippen molar-refractivity contribution in [3.05, 3.63) is 35.3 Å². The van der Waals surface area contributed by atoms with Crippen LogP contribution in [0.15, 0.2) is 18.3 Å². The van der Waals surface area contributed by atoms with Gasteiger partial charge in [0.15, 0.2) is 0 Å². The first-order valence-electron chi connectivity index (χ1n) is 7.46. The van der Waals surface area contributed by atoms with E-state index in [1.54, 1.807) is 10.9 Å². The molecule has 0 saturated heterocycles. The lowest BCUT2D eigenvalue weighted by molar-refractivity contribution is 0.0871. The van der Waals surface area contributed by atoms with Gasteiger partial charge in [-0.1, -0.05) is 13.8 Å². The van der Waals surface area contributed by atoms with Crippen LogP contribution in [0.4, 0.5) is 0 Å². The average Bonchev–Trinajstić information content (AvgIpc) is 2.98. The molecule has 0 saturated carbocycles. The molecule has 2 aromatic heterocycles. The summed E-state index contributed by atoms with van der Waals surface area (Å²) >= 11 is 0. The maximum atomic E-state index is 12.4. The van der Waals surface area contributed by atoms with Gasteiger partial charge in [0.25, 0.3) is 5.91 Å². The standard InChI is InChI=1S/C16H24N4O2/c1-10(2)14(21)9-17-15(22)13-8-18-19(5)16(13)20-11(3)6-7-12(20)4/h6-8,10,14,21H,9H2,1-5H3,(H,17,22). The number of aliphatic hydroxyl groups is 1. The van der Waals surface area contributed by atoms with Gasteiger partial charge in [0.2, 0.25) is 0 Å². The molecule has 120 valence electrons. The molecule has 0 aliphatic heterocycles. The molecule has 0 aliphatic carbocycles. The van der Waals surface area contributed by atoms with Crippen LogP contribution in [0.5, 0.6) is 0 Å². The van der Waals surface area contributed by atoms with Crippen molar-refractivity contribution in [2.45, 2.75) is 33.8 Å². The van der Waals surface area contributed by atoms with Crippen molar-refractivity contribution in [3.8, 4) is 5.82 Å². The zero-order valence-electron chi connectivity index (χ0n) is 13.8. The first-order valence-corrected chi connectivity index (χ1v) is 7.46. The van der Waals surface area contributed by atoms with Gasteiger partial charge >= 0.3 is 0 Å². The SMILES string of the molecule is Cc1ccc(C)n1-c1c(C(=O)NCC(O)C(C)C)cnn1C. The summed E-state index contributed by atoms with van der Waals surface area (Å²) in [5.74, 6) is 0.606. The summed E-state index contributed by atoms with van der Waals surface area (Å²) < 4.78 is 3.69. The van der Waals surface area contributed by atoms with Crippen molar-refractivity contribution in [1.82, 2.24) is 19.7 Å². The van der Waals surface area contributed by atoms with E-state index in [2.05, 4.69) is 10.4 Å². The van der Waals surface area contributed by atoms with Gasteiger partial charge in [-0.2, -0.15) is 5.10 Å². The number of aromatic nitrogens is 3. The van der Waals surface area contributed by atoms with Gasteiger partial charge in [-0.3, -0.25) is 9.48 Å². The van der Waals surface area contributed by atoms with Crippen LogP contribution in [0.1, 0.15) is 35.6 Å². The van der Waals surface area contributed by atoms with Gasteiger partial charge in [-0.15, -0.1) is 0 Å². The number of hydrogen-bond acceptors (Lipinski definition) is 3. The molecule has 0 radical (unpaired) electrons. The highest BCUT2D eigenvalue weighted by atomic mass is 16.3. The van der Waals surface area contributed by atoms with Crippen molar-refractivity contribution >= 4 is 5.91 Å². The zero-order valence-corrected chi connectivity index (χ0v) is 13.8. The zero-order chi connectivity index (χ0) is 16.4. The minimum absolute atomic E-state index is 0.0996. The van der Waals surface area contributed by atoms with Crippen LogP contribution >= 0.6 is 0 Å². The number of rotatable bonds is 5. The first kappa shape index (κ1) is 16.3. The van der Waals surface area contributed by atoms with E-state index in [9.17, 15) is 9.90 Å². The van der Waals surface area contributed by atoms with Gasteiger partial charge in [-0.05, 0) is 31.9 Å². The summed E-state index contributed by atoms with van der Waals surface area (Å²) in [7, 11) is 1.81. The van der Waals surface area contributed by atoms with E-state index in [4.69, 9.17) is 0 Å². The minimum atomic E-state index is -0.556. The van der Waals surface area contributed by atoms with E-state index in [1.807, 2.05) is 51.4 Å². The van der Waals surface area contributed by atoms with E-state index < -0.39 is 6.10 Å². The van der Waals surface area contributed by atoms with Crippen molar-refractivity contribution in [2.24, 2.45) is 13.0 Å². The fourth-order valence-corrected chi connectivity index (χ4v) is 2.39. The average molecular weight is 304 g/mol. The van der Waals surface area contributed by atoms with Crippen LogP contribution in [0.25, 0.3) is 5.82 Å². The van der Waals surface area contributed by atoms with Crippen LogP contribution in [0.3, 0.4) is 0 Å². The Morgan fingerprint density at radius 1 is 1.32 bits per heavy atom. The minimum Gasteiger partial charge on any atom is -0.391 e. The molecular formula is C16H24N4O2. The largest absolute Gasteiger partial charge is 0.391 e. The van der Waals surface area contributed by atoms with Crippen molar-refractivity contribution < 1.29 is 9.90 Å². The summed E-state index contributed by atoms with van der Waals surface area (Å²) in [5, 5.41) is 16.8. The molecule has 6 nitrogen and oxygen atoms in total. The monoisotopic (exact) mass is 304 g/mol. The maximum absolute atomic E-state index is 12.4. The molecule has 22 heavy (non-hydrogen) atoms. The molecule has 0 spiro atoms. The molecule has 1 amide bonds. The number of aryl methyl sites for hydroxylation is 3. The summed E-state index contributed by atoms with van der Waals surface area (Å²) in [6, 6.07) is 4.01. The van der Waals surface area contributed by atoms with Crippen LogP contribution in [-0.4, -0.2) is 38.0 Å². The van der Waals surface area contributed by atoms with E-state index in [0.717, 1.165) is 17.2 Å². The van der Waals surface area contributed by atoms with Crippen molar-refractivity contribution in [1.29, 1.82) is 0 Å². The highest BCUT2D eigenvalue weighted by Crippen LogP contribution is 2.19.